The van der Waals surface area contributed by atoms with Crippen molar-refractivity contribution in [2.24, 2.45) is 17.8 Å². The van der Waals surface area contributed by atoms with Gasteiger partial charge in [0.25, 0.3) is 0 Å². The van der Waals surface area contributed by atoms with Crippen LogP contribution in [0.5, 0.6) is 0 Å². The molecule has 0 bridgehead atoms. The van der Waals surface area contributed by atoms with E-state index in [-0.39, 0.29) is 28.7 Å². The standard InChI is InChI=1S/C22H25F2N5O3S/c1-11(2)10-15(29-19(31)13-6-4-5-7-14(13)20(29)32)18(30)27-22-26-12(3)16(33-22)17-25-8-9-28(17)21(23)24/h4-5,8-9,11,13-15,21H,6-7,10H2,1-3H3,(H,26,27,30). The van der Waals surface area contributed by atoms with Crippen LogP contribution in [0.1, 0.15) is 45.4 Å². The lowest BCUT2D eigenvalue weighted by Gasteiger charge is -2.27. The van der Waals surface area contributed by atoms with Gasteiger partial charge in [-0.05, 0) is 32.1 Å². The number of thiazole rings is 1. The number of amides is 3. The number of hydrogen-bond donors (Lipinski definition) is 1. The summed E-state index contributed by atoms with van der Waals surface area (Å²) in [5.74, 6) is -1.89. The average Bonchev–Trinajstić information content (AvgIpc) is 3.44. The predicted molar refractivity (Wildman–Crippen MR) is 118 cm³/mol. The van der Waals surface area contributed by atoms with Crippen molar-refractivity contribution in [3.8, 4) is 10.7 Å². The molecule has 0 spiro atoms. The Hall–Kier alpha value is -2.95. The first-order valence-electron chi connectivity index (χ1n) is 10.8. The van der Waals surface area contributed by atoms with Gasteiger partial charge in [-0.1, -0.05) is 37.3 Å². The lowest BCUT2D eigenvalue weighted by atomic mass is 9.85. The molecule has 11 heteroatoms. The Kier molecular flexibility index (Phi) is 6.42. The van der Waals surface area contributed by atoms with Gasteiger partial charge in [0.1, 0.15) is 6.04 Å². The van der Waals surface area contributed by atoms with Gasteiger partial charge >= 0.3 is 6.55 Å². The summed E-state index contributed by atoms with van der Waals surface area (Å²) < 4.78 is 27.2. The van der Waals surface area contributed by atoms with Crippen molar-refractivity contribution in [1.29, 1.82) is 0 Å². The summed E-state index contributed by atoms with van der Waals surface area (Å²) in [6.45, 7) is 2.71. The van der Waals surface area contributed by atoms with Crippen LogP contribution in [0.4, 0.5) is 13.9 Å². The van der Waals surface area contributed by atoms with Gasteiger partial charge in [0, 0.05) is 12.4 Å². The first-order chi connectivity index (χ1) is 15.7. The fourth-order valence-corrected chi connectivity index (χ4v) is 5.37. The van der Waals surface area contributed by atoms with E-state index < -0.39 is 30.3 Å². The Morgan fingerprint density at radius 1 is 1.21 bits per heavy atom. The number of aromatic nitrogens is 3. The smallest absolute Gasteiger partial charge is 0.300 e. The number of hydrogen-bond acceptors (Lipinski definition) is 6. The Labute approximate surface area is 193 Å². The number of alkyl halides is 2. The lowest BCUT2D eigenvalue weighted by molar-refractivity contribution is -0.147. The third-order valence-electron chi connectivity index (χ3n) is 5.96. The normalized spacial score (nSPS) is 21.2. The molecule has 3 unspecified atom stereocenters. The van der Waals surface area contributed by atoms with Crippen LogP contribution in [-0.2, 0) is 14.4 Å². The highest BCUT2D eigenvalue weighted by Crippen LogP contribution is 2.38. The highest BCUT2D eigenvalue weighted by atomic mass is 32.1. The maximum Gasteiger partial charge on any atom is 0.320 e. The third kappa shape index (κ3) is 4.33. The Balaban J connectivity index is 1.58. The molecule has 3 heterocycles. The zero-order valence-corrected chi connectivity index (χ0v) is 19.3. The molecule has 1 aliphatic carbocycles. The Bertz CT molecular complexity index is 1080. The van der Waals surface area contributed by atoms with Crippen molar-refractivity contribution in [3.05, 3.63) is 30.2 Å². The van der Waals surface area contributed by atoms with Gasteiger partial charge < -0.3 is 5.32 Å². The summed E-state index contributed by atoms with van der Waals surface area (Å²) in [5, 5.41) is 2.90. The summed E-state index contributed by atoms with van der Waals surface area (Å²) in [7, 11) is 0. The van der Waals surface area contributed by atoms with Crippen LogP contribution in [0, 0.1) is 24.7 Å². The zero-order chi connectivity index (χ0) is 23.9. The molecule has 8 nitrogen and oxygen atoms in total. The minimum Gasteiger partial charge on any atom is -0.300 e. The SMILES string of the molecule is Cc1nc(NC(=O)C(CC(C)C)N2C(=O)C3CC=CCC3C2=O)sc1-c1nccn1C(F)F. The first-order valence-corrected chi connectivity index (χ1v) is 11.6. The minimum atomic E-state index is -2.76. The van der Waals surface area contributed by atoms with E-state index in [9.17, 15) is 23.2 Å². The molecule has 2 aliphatic rings. The number of anilines is 1. The average molecular weight is 478 g/mol. The molecule has 1 N–H and O–H groups in total. The maximum absolute atomic E-state index is 13.3. The van der Waals surface area contributed by atoms with Gasteiger partial charge in [0.2, 0.25) is 17.7 Å². The molecule has 33 heavy (non-hydrogen) atoms. The second-order valence-electron chi connectivity index (χ2n) is 8.71. The summed E-state index contributed by atoms with van der Waals surface area (Å²) in [6.07, 6.45) is 7.54. The third-order valence-corrected chi connectivity index (χ3v) is 7.03. The molecular weight excluding hydrogens is 452 g/mol. The van der Waals surface area contributed by atoms with Crippen LogP contribution in [-0.4, -0.2) is 43.2 Å². The van der Waals surface area contributed by atoms with Gasteiger partial charge in [0.05, 0.1) is 22.4 Å². The van der Waals surface area contributed by atoms with E-state index in [0.717, 1.165) is 20.8 Å². The summed E-state index contributed by atoms with van der Waals surface area (Å²) in [5.41, 5.74) is 0.439. The van der Waals surface area contributed by atoms with Crippen molar-refractivity contribution in [2.45, 2.75) is 52.6 Å². The van der Waals surface area contributed by atoms with E-state index in [4.69, 9.17) is 0 Å². The van der Waals surface area contributed by atoms with Crippen molar-refractivity contribution < 1.29 is 23.2 Å². The van der Waals surface area contributed by atoms with E-state index in [1.54, 1.807) is 6.92 Å². The number of nitrogens with one attached hydrogen (secondary N) is 1. The molecule has 2 aromatic heterocycles. The molecule has 3 amide bonds. The predicted octanol–water partition coefficient (Wildman–Crippen LogP) is 4.01. The molecule has 176 valence electrons. The van der Waals surface area contributed by atoms with E-state index in [1.165, 1.54) is 12.4 Å². The van der Waals surface area contributed by atoms with Crippen LogP contribution in [0.2, 0.25) is 0 Å². The van der Waals surface area contributed by atoms with Crippen molar-refractivity contribution in [1.82, 2.24) is 19.4 Å². The Morgan fingerprint density at radius 2 is 1.85 bits per heavy atom. The number of rotatable bonds is 7. The highest BCUT2D eigenvalue weighted by Gasteiger charge is 2.51. The van der Waals surface area contributed by atoms with Crippen LogP contribution in [0.25, 0.3) is 10.7 Å². The second kappa shape index (κ2) is 9.12. The number of aryl methyl sites for hydroxylation is 1. The van der Waals surface area contributed by atoms with Crippen molar-refractivity contribution in [2.75, 3.05) is 5.32 Å². The number of carbonyl (C=O) groups is 3. The zero-order valence-electron chi connectivity index (χ0n) is 18.5. The van der Waals surface area contributed by atoms with Crippen molar-refractivity contribution >= 4 is 34.2 Å². The Morgan fingerprint density at radius 3 is 2.42 bits per heavy atom. The molecule has 0 saturated carbocycles. The molecule has 1 aliphatic heterocycles. The number of fused-ring (bicyclic) bond motifs is 1. The number of imide groups is 1. The van der Waals surface area contributed by atoms with Crippen LogP contribution >= 0.6 is 11.3 Å². The summed E-state index contributed by atoms with van der Waals surface area (Å²) in [6, 6.07) is -0.966. The number of halogens is 2. The molecule has 2 aromatic rings. The van der Waals surface area contributed by atoms with Gasteiger partial charge in [-0.15, -0.1) is 0 Å². The largest absolute Gasteiger partial charge is 0.320 e. The number of likely N-dealkylation sites (tertiary alicyclic amines) is 1. The molecule has 1 fully saturated rings. The quantitative estimate of drug-likeness (QED) is 0.480. The van der Waals surface area contributed by atoms with Crippen LogP contribution in [0.3, 0.4) is 0 Å². The molecule has 0 aromatic carbocycles. The van der Waals surface area contributed by atoms with E-state index in [2.05, 4.69) is 15.3 Å². The van der Waals surface area contributed by atoms with Crippen LogP contribution < -0.4 is 5.32 Å². The minimum absolute atomic E-state index is 0.0502. The highest BCUT2D eigenvalue weighted by molar-refractivity contribution is 7.19. The van der Waals surface area contributed by atoms with Crippen LogP contribution in [0.15, 0.2) is 24.5 Å². The number of carbonyl (C=O) groups excluding carboxylic acids is 3. The first kappa shape index (κ1) is 23.2. The maximum atomic E-state index is 13.3. The van der Waals surface area contributed by atoms with E-state index >= 15 is 0 Å². The van der Waals surface area contributed by atoms with Crippen molar-refractivity contribution in [3.63, 3.8) is 0 Å². The van der Waals surface area contributed by atoms with Gasteiger partial charge in [-0.25, -0.2) is 9.97 Å². The van der Waals surface area contributed by atoms with Gasteiger partial charge in [-0.2, -0.15) is 8.78 Å². The van der Waals surface area contributed by atoms with Gasteiger partial charge in [0.15, 0.2) is 11.0 Å². The second-order valence-corrected chi connectivity index (χ2v) is 9.71. The fraction of sp³-hybridized carbons (Fsp3) is 0.500. The number of allylic oxidation sites excluding steroid dienone is 2. The lowest BCUT2D eigenvalue weighted by Crippen LogP contribution is -2.48. The van der Waals surface area contributed by atoms with E-state index in [1.807, 2.05) is 26.0 Å². The molecule has 1 saturated heterocycles. The fourth-order valence-electron chi connectivity index (χ4n) is 4.40. The monoisotopic (exact) mass is 477 g/mol. The summed E-state index contributed by atoms with van der Waals surface area (Å²) >= 11 is 1.02. The molecule has 4 rings (SSSR count). The number of nitrogens with zero attached hydrogens (tertiary/aromatic N) is 4. The molecule has 3 atom stereocenters. The number of imidazole rings is 1. The summed E-state index contributed by atoms with van der Waals surface area (Å²) in [4.78, 5) is 49.2. The molecular formula is C22H25F2N5O3S. The molecule has 0 radical (unpaired) electrons. The van der Waals surface area contributed by atoms with Gasteiger partial charge in [-0.3, -0.25) is 23.9 Å². The van der Waals surface area contributed by atoms with E-state index in [0.29, 0.717) is 29.8 Å². The topological polar surface area (TPSA) is 97.2 Å².